The Kier molecular flexibility index (Phi) is 2.94. The second-order valence-corrected chi connectivity index (χ2v) is 4.88. The van der Waals surface area contributed by atoms with E-state index in [-0.39, 0.29) is 6.04 Å². The number of rotatable bonds is 3. The Morgan fingerprint density at radius 3 is 2.89 bits per heavy atom. The molecular formula is C14H13N3S. The van der Waals surface area contributed by atoms with Crippen LogP contribution in [-0.4, -0.2) is 9.97 Å². The Morgan fingerprint density at radius 2 is 2.06 bits per heavy atom. The van der Waals surface area contributed by atoms with Crippen LogP contribution in [0.15, 0.2) is 47.4 Å². The summed E-state index contributed by atoms with van der Waals surface area (Å²) < 4.78 is 0. The molecule has 3 aromatic rings. The summed E-state index contributed by atoms with van der Waals surface area (Å²) in [6.07, 6.45) is 1.82. The molecule has 2 heterocycles. The van der Waals surface area contributed by atoms with Gasteiger partial charge in [-0.1, -0.05) is 18.2 Å². The van der Waals surface area contributed by atoms with Crippen LogP contribution in [0.3, 0.4) is 0 Å². The number of fused-ring (bicyclic) bond motifs is 1. The summed E-state index contributed by atoms with van der Waals surface area (Å²) in [6, 6.07) is 10.4. The van der Waals surface area contributed by atoms with Crippen LogP contribution in [0.25, 0.3) is 10.9 Å². The molecule has 2 aromatic heterocycles. The number of nitrogens with zero attached hydrogens (tertiary/aromatic N) is 2. The fourth-order valence-electron chi connectivity index (χ4n) is 1.96. The third kappa shape index (κ3) is 2.07. The largest absolute Gasteiger partial charge is 0.375 e. The zero-order valence-electron chi connectivity index (χ0n) is 10.00. The van der Waals surface area contributed by atoms with Crippen LogP contribution in [0, 0.1) is 0 Å². The quantitative estimate of drug-likeness (QED) is 0.772. The number of hydrogen-bond acceptors (Lipinski definition) is 4. The van der Waals surface area contributed by atoms with Gasteiger partial charge in [0.1, 0.15) is 0 Å². The van der Waals surface area contributed by atoms with Crippen LogP contribution in [0.2, 0.25) is 0 Å². The Morgan fingerprint density at radius 1 is 1.17 bits per heavy atom. The van der Waals surface area contributed by atoms with E-state index in [1.165, 1.54) is 0 Å². The van der Waals surface area contributed by atoms with Gasteiger partial charge in [-0.05, 0) is 19.1 Å². The van der Waals surface area contributed by atoms with Gasteiger partial charge in [0.15, 0.2) is 0 Å². The number of nitrogens with one attached hydrogen (secondary N) is 1. The molecule has 1 aromatic carbocycles. The predicted molar refractivity (Wildman–Crippen MR) is 75.9 cm³/mol. The summed E-state index contributed by atoms with van der Waals surface area (Å²) in [5.74, 6) is 0. The Bertz CT molecular complexity index is 644. The molecule has 0 bridgehead atoms. The molecule has 18 heavy (non-hydrogen) atoms. The van der Waals surface area contributed by atoms with Crippen molar-refractivity contribution < 1.29 is 0 Å². The molecule has 0 amide bonds. The molecule has 3 nitrogen and oxygen atoms in total. The molecule has 1 unspecified atom stereocenters. The summed E-state index contributed by atoms with van der Waals surface area (Å²) in [4.78, 5) is 8.76. The van der Waals surface area contributed by atoms with E-state index in [0.717, 1.165) is 22.3 Å². The van der Waals surface area contributed by atoms with Gasteiger partial charge in [-0.3, -0.25) is 4.98 Å². The highest BCUT2D eigenvalue weighted by Gasteiger charge is 2.09. The molecule has 0 aliphatic carbocycles. The van der Waals surface area contributed by atoms with Crippen LogP contribution in [0.1, 0.15) is 18.7 Å². The lowest BCUT2D eigenvalue weighted by Gasteiger charge is -2.14. The highest BCUT2D eigenvalue weighted by Crippen LogP contribution is 2.25. The average Bonchev–Trinajstić information content (AvgIpc) is 2.93. The summed E-state index contributed by atoms with van der Waals surface area (Å²) in [6.45, 7) is 2.11. The molecule has 0 fully saturated rings. The molecule has 90 valence electrons. The highest BCUT2D eigenvalue weighted by molar-refractivity contribution is 7.07. The fourth-order valence-corrected chi connectivity index (χ4v) is 2.61. The van der Waals surface area contributed by atoms with Gasteiger partial charge in [0, 0.05) is 17.0 Å². The second kappa shape index (κ2) is 4.74. The Labute approximate surface area is 110 Å². The van der Waals surface area contributed by atoms with Crippen molar-refractivity contribution in [2.45, 2.75) is 13.0 Å². The van der Waals surface area contributed by atoms with E-state index in [4.69, 9.17) is 0 Å². The second-order valence-electron chi connectivity index (χ2n) is 4.16. The highest BCUT2D eigenvalue weighted by atomic mass is 32.1. The van der Waals surface area contributed by atoms with Gasteiger partial charge in [0.05, 0.1) is 28.5 Å². The number of thiazole rings is 1. The zero-order chi connectivity index (χ0) is 12.4. The molecule has 0 aliphatic heterocycles. The predicted octanol–water partition coefficient (Wildman–Crippen LogP) is 3.86. The van der Waals surface area contributed by atoms with Crippen LogP contribution < -0.4 is 5.32 Å². The number of hydrogen-bond donors (Lipinski definition) is 1. The summed E-state index contributed by atoms with van der Waals surface area (Å²) in [5.41, 5.74) is 4.97. The maximum Gasteiger partial charge on any atom is 0.0933 e. The average molecular weight is 255 g/mol. The van der Waals surface area contributed by atoms with Crippen molar-refractivity contribution in [1.29, 1.82) is 0 Å². The van der Waals surface area contributed by atoms with Crippen LogP contribution in [0.4, 0.5) is 5.69 Å². The van der Waals surface area contributed by atoms with E-state index in [1.807, 2.05) is 23.8 Å². The molecule has 1 atom stereocenters. The minimum atomic E-state index is 0.184. The van der Waals surface area contributed by atoms with E-state index in [9.17, 15) is 0 Å². The Balaban J connectivity index is 1.95. The van der Waals surface area contributed by atoms with Crippen molar-refractivity contribution in [1.82, 2.24) is 9.97 Å². The van der Waals surface area contributed by atoms with Crippen molar-refractivity contribution in [2.75, 3.05) is 5.32 Å². The maximum atomic E-state index is 4.44. The van der Waals surface area contributed by atoms with E-state index in [1.54, 1.807) is 11.3 Å². The first-order valence-electron chi connectivity index (χ1n) is 5.83. The first-order valence-corrected chi connectivity index (χ1v) is 6.77. The third-order valence-electron chi connectivity index (χ3n) is 2.90. The van der Waals surface area contributed by atoms with Gasteiger partial charge in [0.2, 0.25) is 0 Å². The van der Waals surface area contributed by atoms with Gasteiger partial charge < -0.3 is 5.32 Å². The molecule has 3 rings (SSSR count). The number of pyridine rings is 1. The summed E-state index contributed by atoms with van der Waals surface area (Å²) in [5, 5.41) is 6.68. The molecule has 0 aliphatic rings. The van der Waals surface area contributed by atoms with Gasteiger partial charge in [-0.2, -0.15) is 0 Å². The van der Waals surface area contributed by atoms with E-state index >= 15 is 0 Å². The third-order valence-corrected chi connectivity index (χ3v) is 3.50. The van der Waals surface area contributed by atoms with Crippen LogP contribution in [-0.2, 0) is 0 Å². The number of para-hydroxylation sites is 1. The van der Waals surface area contributed by atoms with Gasteiger partial charge in [-0.15, -0.1) is 11.3 Å². The normalized spacial score (nSPS) is 12.5. The van der Waals surface area contributed by atoms with Crippen LogP contribution >= 0.6 is 11.3 Å². The van der Waals surface area contributed by atoms with Gasteiger partial charge in [0.25, 0.3) is 0 Å². The minimum Gasteiger partial charge on any atom is -0.375 e. The van der Waals surface area contributed by atoms with E-state index < -0.39 is 0 Å². The standard InChI is InChI=1S/C14H13N3S/c1-10(13-8-18-9-16-13)17-12-6-2-4-11-5-3-7-15-14(11)12/h2-10,17H,1H3. The van der Waals surface area contributed by atoms with E-state index in [0.29, 0.717) is 0 Å². The lowest BCUT2D eigenvalue weighted by Crippen LogP contribution is -2.07. The first-order chi connectivity index (χ1) is 8.84. The zero-order valence-corrected chi connectivity index (χ0v) is 10.8. The number of anilines is 1. The van der Waals surface area contributed by atoms with Crippen molar-refractivity contribution in [3.63, 3.8) is 0 Å². The van der Waals surface area contributed by atoms with Gasteiger partial charge >= 0.3 is 0 Å². The molecule has 4 heteroatoms. The van der Waals surface area contributed by atoms with Crippen molar-refractivity contribution >= 4 is 27.9 Å². The molecule has 0 saturated heterocycles. The maximum absolute atomic E-state index is 4.44. The van der Waals surface area contributed by atoms with Crippen molar-refractivity contribution in [2.24, 2.45) is 0 Å². The fraction of sp³-hybridized carbons (Fsp3) is 0.143. The molecule has 0 spiro atoms. The monoisotopic (exact) mass is 255 g/mol. The molecule has 0 radical (unpaired) electrons. The van der Waals surface area contributed by atoms with Crippen molar-refractivity contribution in [3.8, 4) is 0 Å². The SMILES string of the molecule is CC(Nc1cccc2cccnc12)c1cscn1. The Hall–Kier alpha value is -1.94. The van der Waals surface area contributed by atoms with Crippen molar-refractivity contribution in [3.05, 3.63) is 53.1 Å². The van der Waals surface area contributed by atoms with Gasteiger partial charge in [-0.25, -0.2) is 4.98 Å². The topological polar surface area (TPSA) is 37.8 Å². The smallest absolute Gasteiger partial charge is 0.0933 e. The summed E-state index contributed by atoms with van der Waals surface area (Å²) in [7, 11) is 0. The lowest BCUT2D eigenvalue weighted by atomic mass is 10.1. The molecular weight excluding hydrogens is 242 g/mol. The number of aromatic nitrogens is 2. The summed E-state index contributed by atoms with van der Waals surface area (Å²) >= 11 is 1.62. The molecule has 1 N–H and O–H groups in total. The minimum absolute atomic E-state index is 0.184. The van der Waals surface area contributed by atoms with E-state index in [2.05, 4.69) is 45.8 Å². The van der Waals surface area contributed by atoms with Crippen LogP contribution in [0.5, 0.6) is 0 Å². The first kappa shape index (κ1) is 11.2. The number of benzene rings is 1. The lowest BCUT2D eigenvalue weighted by molar-refractivity contribution is 0.851. The molecule has 0 saturated carbocycles.